The van der Waals surface area contributed by atoms with E-state index in [0.717, 1.165) is 19.3 Å². The van der Waals surface area contributed by atoms with E-state index in [1.165, 1.54) is 0 Å². The van der Waals surface area contributed by atoms with Crippen LogP contribution in [0.3, 0.4) is 0 Å². The molecule has 1 aliphatic rings. The van der Waals surface area contributed by atoms with Crippen LogP contribution in [0.4, 0.5) is 0 Å². The fourth-order valence-electron chi connectivity index (χ4n) is 2.14. The molecule has 0 radical (unpaired) electrons. The number of rotatable bonds is 6. The monoisotopic (exact) mass is 213 g/mol. The summed E-state index contributed by atoms with van der Waals surface area (Å²) in [6.45, 7) is 8.21. The van der Waals surface area contributed by atoms with Gasteiger partial charge in [-0.15, -0.1) is 0 Å². The molecule has 0 saturated heterocycles. The predicted molar refractivity (Wildman–Crippen MR) is 60.8 cm³/mol. The molecule has 1 rings (SSSR count). The van der Waals surface area contributed by atoms with Gasteiger partial charge in [-0.2, -0.15) is 0 Å². The molecule has 2 N–H and O–H groups in total. The molecule has 1 fully saturated rings. The highest BCUT2D eigenvalue weighted by Crippen LogP contribution is 2.40. The lowest BCUT2D eigenvalue weighted by molar-refractivity contribution is -0.145. The summed E-state index contributed by atoms with van der Waals surface area (Å²) in [6, 6.07) is 0.298. The van der Waals surface area contributed by atoms with E-state index in [4.69, 9.17) is 0 Å². The first kappa shape index (κ1) is 12.5. The Bertz CT molecular complexity index is 236. The number of hydrogen-bond acceptors (Lipinski definition) is 2. The van der Waals surface area contributed by atoms with Crippen LogP contribution in [0.1, 0.15) is 47.0 Å². The highest BCUT2D eigenvalue weighted by atomic mass is 16.4. The molecule has 0 aromatic heterocycles. The van der Waals surface area contributed by atoms with Gasteiger partial charge in [-0.3, -0.25) is 10.1 Å². The van der Waals surface area contributed by atoms with E-state index in [0.29, 0.717) is 17.9 Å². The highest BCUT2D eigenvalue weighted by Gasteiger charge is 2.48. The largest absolute Gasteiger partial charge is 0.480 e. The molecule has 0 aromatic rings. The summed E-state index contributed by atoms with van der Waals surface area (Å²) in [5.41, 5.74) is -0.717. The number of nitrogens with one attached hydrogen (secondary N) is 1. The maximum atomic E-state index is 11.3. The molecule has 1 aliphatic carbocycles. The number of carbonyl (C=O) groups is 1. The fourth-order valence-corrected chi connectivity index (χ4v) is 2.14. The second-order valence-electron chi connectivity index (χ2n) is 5.18. The molecule has 1 saturated carbocycles. The van der Waals surface area contributed by atoms with E-state index in [9.17, 15) is 9.90 Å². The average Bonchev–Trinajstić information content (AvgIpc) is 2.95. The van der Waals surface area contributed by atoms with Crippen molar-refractivity contribution in [3.63, 3.8) is 0 Å². The highest BCUT2D eigenvalue weighted by molar-refractivity contribution is 5.79. The van der Waals surface area contributed by atoms with Gasteiger partial charge in [0, 0.05) is 6.04 Å². The van der Waals surface area contributed by atoms with E-state index >= 15 is 0 Å². The Kier molecular flexibility index (Phi) is 3.77. The SMILES string of the molecule is CCC(NC(C)(C(=O)O)C1CC1)C(C)C. The molecule has 0 heterocycles. The van der Waals surface area contributed by atoms with Crippen molar-refractivity contribution < 1.29 is 9.90 Å². The Morgan fingerprint density at radius 1 is 1.53 bits per heavy atom. The van der Waals surface area contributed by atoms with Crippen molar-refractivity contribution in [1.29, 1.82) is 0 Å². The number of hydrogen-bond donors (Lipinski definition) is 2. The third-order valence-electron chi connectivity index (χ3n) is 3.57. The first-order chi connectivity index (χ1) is 6.91. The van der Waals surface area contributed by atoms with Gasteiger partial charge in [0.1, 0.15) is 5.54 Å². The van der Waals surface area contributed by atoms with Gasteiger partial charge < -0.3 is 5.11 Å². The molecule has 0 amide bonds. The topological polar surface area (TPSA) is 49.3 Å². The standard InChI is InChI=1S/C12H23NO2/c1-5-10(8(2)3)13-12(4,11(14)15)9-6-7-9/h8-10,13H,5-7H2,1-4H3,(H,14,15). The van der Waals surface area contributed by atoms with Crippen LogP contribution in [0.2, 0.25) is 0 Å². The fraction of sp³-hybridized carbons (Fsp3) is 0.917. The molecule has 88 valence electrons. The molecular weight excluding hydrogens is 190 g/mol. The van der Waals surface area contributed by atoms with Crippen molar-refractivity contribution in [2.45, 2.75) is 58.5 Å². The van der Waals surface area contributed by atoms with E-state index in [1.54, 1.807) is 0 Å². The van der Waals surface area contributed by atoms with Crippen molar-refractivity contribution >= 4 is 5.97 Å². The number of aliphatic carboxylic acids is 1. The van der Waals surface area contributed by atoms with Crippen LogP contribution < -0.4 is 5.32 Å². The lowest BCUT2D eigenvalue weighted by atomic mass is 9.91. The summed E-state index contributed by atoms with van der Waals surface area (Å²) in [4.78, 5) is 11.3. The van der Waals surface area contributed by atoms with Crippen LogP contribution in [0.15, 0.2) is 0 Å². The van der Waals surface area contributed by atoms with E-state index < -0.39 is 11.5 Å². The Morgan fingerprint density at radius 3 is 2.33 bits per heavy atom. The summed E-state index contributed by atoms with van der Waals surface area (Å²) < 4.78 is 0. The van der Waals surface area contributed by atoms with Crippen LogP contribution in [0.25, 0.3) is 0 Å². The number of carboxylic acids is 1. The predicted octanol–water partition coefficient (Wildman–Crippen LogP) is 2.26. The van der Waals surface area contributed by atoms with Crippen LogP contribution >= 0.6 is 0 Å². The quantitative estimate of drug-likeness (QED) is 0.711. The maximum Gasteiger partial charge on any atom is 0.323 e. The van der Waals surface area contributed by atoms with Gasteiger partial charge in [0.2, 0.25) is 0 Å². The minimum absolute atomic E-state index is 0.298. The average molecular weight is 213 g/mol. The zero-order chi connectivity index (χ0) is 11.6. The third kappa shape index (κ3) is 2.71. The summed E-state index contributed by atoms with van der Waals surface area (Å²) in [7, 11) is 0. The van der Waals surface area contributed by atoms with Gasteiger partial charge in [0.25, 0.3) is 0 Å². The molecule has 0 aromatic carbocycles. The van der Waals surface area contributed by atoms with Crippen molar-refractivity contribution in [2.24, 2.45) is 11.8 Å². The smallest absolute Gasteiger partial charge is 0.323 e. The first-order valence-electron chi connectivity index (χ1n) is 5.92. The molecule has 0 bridgehead atoms. The maximum absolute atomic E-state index is 11.3. The Hall–Kier alpha value is -0.570. The second-order valence-corrected chi connectivity index (χ2v) is 5.18. The Morgan fingerprint density at radius 2 is 2.07 bits per heavy atom. The molecule has 0 aliphatic heterocycles. The van der Waals surface area contributed by atoms with Gasteiger partial charge in [-0.25, -0.2) is 0 Å². The lowest BCUT2D eigenvalue weighted by Crippen LogP contribution is -2.56. The summed E-state index contributed by atoms with van der Waals surface area (Å²) >= 11 is 0. The third-order valence-corrected chi connectivity index (χ3v) is 3.57. The minimum Gasteiger partial charge on any atom is -0.480 e. The molecule has 0 spiro atoms. The van der Waals surface area contributed by atoms with Crippen LogP contribution in [0.5, 0.6) is 0 Å². The molecule has 2 unspecified atom stereocenters. The van der Waals surface area contributed by atoms with Gasteiger partial charge >= 0.3 is 5.97 Å². The van der Waals surface area contributed by atoms with Gasteiger partial charge in [0.15, 0.2) is 0 Å². The van der Waals surface area contributed by atoms with Crippen LogP contribution in [-0.4, -0.2) is 22.7 Å². The van der Waals surface area contributed by atoms with Crippen LogP contribution in [-0.2, 0) is 4.79 Å². The van der Waals surface area contributed by atoms with Gasteiger partial charge in [-0.05, 0) is 38.0 Å². The summed E-state index contributed by atoms with van der Waals surface area (Å²) in [5.74, 6) is 0.0966. The number of carboxylic acid groups (broad SMARTS) is 1. The van der Waals surface area contributed by atoms with Gasteiger partial charge in [-0.1, -0.05) is 20.8 Å². The Balaban J connectivity index is 2.69. The van der Waals surface area contributed by atoms with Crippen molar-refractivity contribution in [3.05, 3.63) is 0 Å². The lowest BCUT2D eigenvalue weighted by Gasteiger charge is -2.33. The van der Waals surface area contributed by atoms with Crippen molar-refractivity contribution in [3.8, 4) is 0 Å². The summed E-state index contributed by atoms with van der Waals surface area (Å²) in [5, 5.41) is 12.6. The van der Waals surface area contributed by atoms with Crippen LogP contribution in [0, 0.1) is 11.8 Å². The zero-order valence-electron chi connectivity index (χ0n) is 10.2. The first-order valence-corrected chi connectivity index (χ1v) is 5.92. The van der Waals surface area contributed by atoms with E-state index in [-0.39, 0.29) is 0 Å². The molecule has 3 nitrogen and oxygen atoms in total. The van der Waals surface area contributed by atoms with Gasteiger partial charge in [0.05, 0.1) is 0 Å². The molecular formula is C12H23NO2. The minimum atomic E-state index is -0.717. The van der Waals surface area contributed by atoms with Crippen molar-refractivity contribution in [1.82, 2.24) is 5.32 Å². The Labute approximate surface area is 92.3 Å². The van der Waals surface area contributed by atoms with E-state index in [2.05, 4.69) is 26.1 Å². The summed E-state index contributed by atoms with van der Waals surface area (Å²) in [6.07, 6.45) is 3.07. The second kappa shape index (κ2) is 4.52. The molecule has 3 heteroatoms. The van der Waals surface area contributed by atoms with Crippen molar-refractivity contribution in [2.75, 3.05) is 0 Å². The zero-order valence-corrected chi connectivity index (χ0v) is 10.2. The normalized spacial score (nSPS) is 22.5. The molecule has 15 heavy (non-hydrogen) atoms. The van der Waals surface area contributed by atoms with E-state index in [1.807, 2.05) is 6.92 Å². The molecule has 2 atom stereocenters.